The third-order valence-electron chi connectivity index (χ3n) is 23.4. The number of rotatable bonds is 12. The van der Waals surface area contributed by atoms with Crippen LogP contribution in [0, 0.1) is 79.8 Å². The van der Waals surface area contributed by atoms with Crippen molar-refractivity contribution in [3.8, 4) is 0 Å². The number of carbonyl (C=O) groups is 4. The van der Waals surface area contributed by atoms with Gasteiger partial charge in [0.1, 0.15) is 12.2 Å². The number of hydrogen-bond acceptors (Lipinski definition) is 12. The number of fused-ring (bicyclic) bond motifs is 10. The average molecular weight is 1040 g/mol. The number of hydrogen-bond donors (Lipinski definition) is 4. The van der Waals surface area contributed by atoms with Crippen LogP contribution in [0.25, 0.3) is 0 Å². The van der Waals surface area contributed by atoms with Crippen molar-refractivity contribution in [3.05, 3.63) is 45.6 Å². The third-order valence-corrected chi connectivity index (χ3v) is 23.4. The third kappa shape index (κ3) is 9.59. The predicted octanol–water partition coefficient (Wildman–Crippen LogP) is 10.8. The van der Waals surface area contributed by atoms with Gasteiger partial charge in [0.25, 0.3) is 0 Å². The maximum atomic E-state index is 14.9. The Morgan fingerprint density at radius 3 is 1.23 bits per heavy atom. The Bertz CT molecular complexity index is 2200. The second kappa shape index (κ2) is 21.1. The van der Waals surface area contributed by atoms with E-state index in [0.29, 0.717) is 73.7 Å². The first-order valence-corrected chi connectivity index (χ1v) is 29.0. The lowest BCUT2D eigenvalue weighted by atomic mass is 9.36. The lowest BCUT2D eigenvalue weighted by Crippen LogP contribution is -2.65. The van der Waals surface area contributed by atoms with E-state index in [1.807, 2.05) is 27.7 Å². The van der Waals surface area contributed by atoms with Crippen molar-refractivity contribution in [3.63, 3.8) is 0 Å². The lowest BCUT2D eigenvalue weighted by molar-refractivity contribution is -0.234. The molecule has 0 aromatic carbocycles. The van der Waals surface area contributed by atoms with Gasteiger partial charge in [-0.1, -0.05) is 78.7 Å². The first kappa shape index (κ1) is 57.9. The molecule has 13 heteroatoms. The van der Waals surface area contributed by atoms with E-state index in [1.165, 1.54) is 13.8 Å². The normalized spacial score (nSPS) is 45.9. The van der Waals surface area contributed by atoms with Gasteiger partial charge >= 0.3 is 31.6 Å². The van der Waals surface area contributed by atoms with Gasteiger partial charge in [0.05, 0.1) is 24.4 Å². The van der Waals surface area contributed by atoms with Crippen molar-refractivity contribution in [1.29, 1.82) is 0 Å². The van der Waals surface area contributed by atoms with Crippen LogP contribution >= 0.6 is 0 Å². The summed E-state index contributed by atoms with van der Waals surface area (Å²) in [7, 11) is 0.819. The zero-order valence-corrected chi connectivity index (χ0v) is 48.2. The highest BCUT2D eigenvalue weighted by molar-refractivity contribution is 6.28. The second-order valence-electron chi connectivity index (χ2n) is 27.6. The van der Waals surface area contributed by atoms with E-state index in [2.05, 4.69) is 67.5 Å². The summed E-state index contributed by atoms with van der Waals surface area (Å²) >= 11 is 0. The van der Waals surface area contributed by atoms with Gasteiger partial charge in [0.2, 0.25) is 0 Å². The summed E-state index contributed by atoms with van der Waals surface area (Å²) in [4.78, 5) is 55.9. The Balaban J connectivity index is 1.13. The number of carbonyl (C=O) groups excluding carboxylic acids is 4. The van der Waals surface area contributed by atoms with Crippen LogP contribution in [0.2, 0.25) is 0 Å². The highest BCUT2D eigenvalue weighted by Gasteiger charge is 2.73. The van der Waals surface area contributed by atoms with Gasteiger partial charge in [-0.15, -0.1) is 0 Å². The average Bonchev–Trinajstić information content (AvgIpc) is 3.75. The Kier molecular flexibility index (Phi) is 16.3. The molecule has 20 atom stereocenters. The van der Waals surface area contributed by atoms with Crippen LogP contribution in [-0.2, 0) is 38.0 Å². The highest BCUT2D eigenvalue weighted by atomic mass is 16.6. The van der Waals surface area contributed by atoms with E-state index in [9.17, 15) is 39.6 Å². The number of ether oxygens (including phenoxy) is 2. The Morgan fingerprint density at radius 2 is 0.893 bits per heavy atom. The maximum absolute atomic E-state index is 14.9. The molecule has 75 heavy (non-hydrogen) atoms. The molecule has 417 valence electrons. The summed E-state index contributed by atoms with van der Waals surface area (Å²) in [5.74, 6) is -2.41. The van der Waals surface area contributed by atoms with E-state index >= 15 is 0 Å². The zero-order chi connectivity index (χ0) is 55.1. The number of aliphatic hydroxyl groups is 4. The van der Waals surface area contributed by atoms with Crippen LogP contribution in [0.15, 0.2) is 45.6 Å². The fourth-order valence-corrected chi connectivity index (χ4v) is 19.8. The topological polar surface area (TPSA) is 186 Å². The molecular weight excluding hydrogens is 947 g/mol. The Hall–Kier alpha value is -3.26. The molecule has 4 N–H and O–H groups in total. The molecule has 20 unspecified atom stereocenters. The molecule has 8 fully saturated rings. The molecule has 0 aliphatic heterocycles. The first-order valence-electron chi connectivity index (χ1n) is 29.0. The number of esters is 2. The summed E-state index contributed by atoms with van der Waals surface area (Å²) in [6.45, 7) is 28.8. The van der Waals surface area contributed by atoms with Crippen LogP contribution in [-0.4, -0.2) is 88.6 Å². The molecule has 0 saturated heterocycles. The van der Waals surface area contributed by atoms with Crippen LogP contribution in [0.5, 0.6) is 0 Å². The molecule has 8 aliphatic rings. The van der Waals surface area contributed by atoms with Crippen molar-refractivity contribution in [2.75, 3.05) is 0 Å². The van der Waals surface area contributed by atoms with Crippen molar-refractivity contribution in [2.45, 2.75) is 236 Å². The molecule has 1 radical (unpaired) electrons. The van der Waals surface area contributed by atoms with E-state index in [-0.39, 0.29) is 83.2 Å². The van der Waals surface area contributed by atoms with Crippen LogP contribution in [0.3, 0.4) is 0 Å². The first-order chi connectivity index (χ1) is 35.0. The minimum atomic E-state index is -0.742. The fourth-order valence-electron chi connectivity index (χ4n) is 19.8. The van der Waals surface area contributed by atoms with Crippen molar-refractivity contribution in [1.82, 2.24) is 0 Å². The second-order valence-corrected chi connectivity index (χ2v) is 27.6. The predicted molar refractivity (Wildman–Crippen MR) is 288 cm³/mol. The van der Waals surface area contributed by atoms with Crippen molar-refractivity contribution >= 4 is 31.6 Å². The van der Waals surface area contributed by atoms with Crippen molar-refractivity contribution in [2.24, 2.45) is 79.8 Å². The van der Waals surface area contributed by atoms with Crippen LogP contribution in [0.4, 0.5) is 0 Å². The molecule has 0 aromatic rings. The van der Waals surface area contributed by atoms with E-state index in [0.717, 1.165) is 57.4 Å². The molecule has 0 spiro atoms. The van der Waals surface area contributed by atoms with Gasteiger partial charge in [0, 0.05) is 25.0 Å². The Labute approximate surface area is 450 Å². The van der Waals surface area contributed by atoms with Gasteiger partial charge < -0.3 is 39.2 Å². The number of allylic oxidation sites excluding steroid dienone is 4. The van der Waals surface area contributed by atoms with Crippen LogP contribution < -0.4 is 0 Å². The number of aliphatic hydroxyl groups excluding tert-OH is 4. The lowest BCUT2D eigenvalue weighted by Gasteiger charge is -2.69. The largest absolute Gasteiger partial charge is 0.662 e. The molecule has 0 bridgehead atoms. The summed E-state index contributed by atoms with van der Waals surface area (Å²) < 4.78 is 24.3. The standard InChI is InChI=1S/C62H94BO12/c1-33(2)17-15-19-39(51-43-29-47(68)53-57(9)25-23-45(66)35(5)41(57)21-27-59(53,11)61(43,13)31-49(51)72-37(7)64)55(70)74-63-75-56(71)40(20-16-18-34(3)4)52-44-30-48(69)54-58(10)26-24-46(67)36(6)42(58)22-28-60(54,12)62(44,14)32-50(52)73-38(8)65/h17-18,35-36,41-50,53-54,66-69H,15-16,19-32H2,1-14H3/b51-39-,52-40-. The molecular formula is C62H94BO12. The van der Waals surface area contributed by atoms with Gasteiger partial charge in [-0.05, 0) is 221 Å². The Morgan fingerprint density at radius 1 is 0.533 bits per heavy atom. The smallest absolute Gasteiger partial charge is 0.496 e. The van der Waals surface area contributed by atoms with Gasteiger partial charge in [0.15, 0.2) is 0 Å². The molecule has 0 aromatic heterocycles. The van der Waals surface area contributed by atoms with E-state index < -0.39 is 70.0 Å². The summed E-state index contributed by atoms with van der Waals surface area (Å²) in [5, 5.41) is 47.1. The minimum Gasteiger partial charge on any atom is -0.496 e. The van der Waals surface area contributed by atoms with Gasteiger partial charge in [-0.3, -0.25) is 9.59 Å². The molecule has 8 rings (SSSR count). The zero-order valence-electron chi connectivity index (χ0n) is 48.2. The molecule has 0 amide bonds. The SMILES string of the molecule is CC(=O)OC1CC2(C)C(CC(O)C3C4(C)CCC(O)C(C)C4CCC32C)/C1=C(\CCC=C(C)C)C(=O)O[B]OC(=O)/C(CCC=C(C)C)=C1\C(OC(C)=O)CC2(C)C1CC(O)C1C3(C)CCC(O)C(C)C3CCC12C. The van der Waals surface area contributed by atoms with Crippen LogP contribution in [0.1, 0.15) is 200 Å². The summed E-state index contributed by atoms with van der Waals surface area (Å²) in [5.41, 5.74) is 2.01. The molecule has 8 aliphatic carbocycles. The summed E-state index contributed by atoms with van der Waals surface area (Å²) in [6, 6.07) is 0. The maximum Gasteiger partial charge on any atom is 0.662 e. The van der Waals surface area contributed by atoms with E-state index in [1.54, 1.807) is 0 Å². The van der Waals surface area contributed by atoms with Gasteiger partial charge in [-0.2, -0.15) is 0 Å². The van der Waals surface area contributed by atoms with E-state index in [4.69, 9.17) is 18.8 Å². The molecule has 8 saturated carbocycles. The quantitative estimate of drug-likeness (QED) is 0.0628. The van der Waals surface area contributed by atoms with Gasteiger partial charge in [-0.25, -0.2) is 9.59 Å². The van der Waals surface area contributed by atoms with Crippen molar-refractivity contribution < 1.29 is 58.4 Å². The molecule has 0 heterocycles. The molecule has 12 nitrogen and oxygen atoms in total. The fraction of sp³-hybridized carbons (Fsp3) is 0.806. The minimum absolute atomic E-state index is 0.0699. The monoisotopic (exact) mass is 1040 g/mol. The highest BCUT2D eigenvalue weighted by Crippen LogP contribution is 2.76. The summed E-state index contributed by atoms with van der Waals surface area (Å²) in [6.07, 6.45) is 10.2.